The van der Waals surface area contributed by atoms with Gasteiger partial charge in [-0.2, -0.15) is 0 Å². The van der Waals surface area contributed by atoms with Gasteiger partial charge in [0.25, 0.3) is 0 Å². The average Bonchev–Trinajstić information content (AvgIpc) is 2.42. The molecule has 2 atom stereocenters. The molecule has 0 N–H and O–H groups in total. The van der Waals surface area contributed by atoms with Crippen molar-refractivity contribution in [3.05, 3.63) is 78.4 Å². The Bertz CT molecular complexity index is 518. The molecule has 0 aliphatic carbocycles. The fourth-order valence-corrected chi connectivity index (χ4v) is 1.84. The van der Waals surface area contributed by atoms with Gasteiger partial charge in [-0.25, -0.2) is 4.39 Å². The lowest BCUT2D eigenvalue weighted by molar-refractivity contribution is 0.427. The number of hydrogen-bond acceptors (Lipinski definition) is 0. The van der Waals surface area contributed by atoms with Gasteiger partial charge in [0.05, 0.1) is 0 Å². The lowest BCUT2D eigenvalue weighted by Gasteiger charge is -2.13. The topological polar surface area (TPSA) is 0 Å². The number of rotatable bonds is 6. The van der Waals surface area contributed by atoms with E-state index in [-0.39, 0.29) is 5.92 Å². The minimum atomic E-state index is -0.971. The predicted molar refractivity (Wildman–Crippen MR) is 87.2 cm³/mol. The number of allylic oxidation sites excluding steroid dienone is 6. The fourth-order valence-electron chi connectivity index (χ4n) is 1.84. The summed E-state index contributed by atoms with van der Waals surface area (Å²) in [5, 5.41) is 0. The molecule has 0 radical (unpaired) electrons. The largest absolute Gasteiger partial charge is 0.243 e. The highest BCUT2D eigenvalue weighted by Crippen LogP contribution is 2.22. The monoisotopic (exact) mass is 270 g/mol. The zero-order valence-corrected chi connectivity index (χ0v) is 12.6. The second kappa shape index (κ2) is 7.64. The van der Waals surface area contributed by atoms with Crippen LogP contribution in [-0.4, -0.2) is 6.17 Å². The number of halogens is 1. The van der Waals surface area contributed by atoms with Crippen LogP contribution < -0.4 is 0 Å². The molecule has 0 aromatic heterocycles. The van der Waals surface area contributed by atoms with Gasteiger partial charge in [0.2, 0.25) is 0 Å². The van der Waals surface area contributed by atoms with E-state index in [1.54, 1.807) is 6.08 Å². The van der Waals surface area contributed by atoms with Crippen LogP contribution in [0.4, 0.5) is 4.39 Å². The summed E-state index contributed by atoms with van der Waals surface area (Å²) in [4.78, 5) is 0. The van der Waals surface area contributed by atoms with Gasteiger partial charge in [0.1, 0.15) is 6.17 Å². The number of alkyl halides is 1. The summed E-state index contributed by atoms with van der Waals surface area (Å²) in [6.45, 7) is 13.5. The Balaban J connectivity index is 2.93. The maximum atomic E-state index is 13.3. The van der Waals surface area contributed by atoms with Gasteiger partial charge in [-0.3, -0.25) is 0 Å². The quantitative estimate of drug-likeness (QED) is 0.456. The zero-order valence-electron chi connectivity index (χ0n) is 12.6. The number of hydrogen-bond donors (Lipinski definition) is 0. The van der Waals surface area contributed by atoms with Crippen LogP contribution >= 0.6 is 0 Å². The Hall–Kier alpha value is -1.89. The summed E-state index contributed by atoms with van der Waals surface area (Å²) in [5.74, 6) is 0.132. The minimum Gasteiger partial charge on any atom is -0.243 e. The first-order valence-corrected chi connectivity index (χ1v) is 6.85. The Morgan fingerprint density at radius 1 is 1.10 bits per heavy atom. The van der Waals surface area contributed by atoms with E-state index in [1.165, 1.54) is 6.92 Å². The summed E-state index contributed by atoms with van der Waals surface area (Å²) < 4.78 is 13.3. The van der Waals surface area contributed by atoms with Gasteiger partial charge in [-0.1, -0.05) is 68.1 Å². The third-order valence-electron chi connectivity index (χ3n) is 3.28. The van der Waals surface area contributed by atoms with Crippen molar-refractivity contribution < 1.29 is 4.39 Å². The standard InChI is InChI=1S/C19H23F/c1-14(2)17(5)19(13-16(4)20)12-11-15(3)18-9-7-6-8-10-18/h6-13,16-17H,1,3H2,2,4-5H3/b12-11-,19-13?. The van der Waals surface area contributed by atoms with Gasteiger partial charge in [0, 0.05) is 5.92 Å². The molecule has 1 aromatic carbocycles. The Morgan fingerprint density at radius 2 is 1.70 bits per heavy atom. The lowest BCUT2D eigenvalue weighted by Crippen LogP contribution is -2.01. The fraction of sp³-hybridized carbons (Fsp3) is 0.263. The van der Waals surface area contributed by atoms with Gasteiger partial charge in [0.15, 0.2) is 0 Å². The third kappa shape index (κ3) is 5.00. The molecule has 0 aliphatic rings. The highest BCUT2D eigenvalue weighted by molar-refractivity contribution is 5.72. The number of benzene rings is 1. The van der Waals surface area contributed by atoms with Crippen LogP contribution in [0.3, 0.4) is 0 Å². The average molecular weight is 270 g/mol. The van der Waals surface area contributed by atoms with Gasteiger partial charge in [-0.05, 0) is 36.6 Å². The predicted octanol–water partition coefficient (Wildman–Crippen LogP) is 5.75. The van der Waals surface area contributed by atoms with Crippen LogP contribution in [0.15, 0.2) is 72.9 Å². The first-order chi connectivity index (χ1) is 9.41. The van der Waals surface area contributed by atoms with Crippen LogP contribution in [0.1, 0.15) is 26.3 Å². The van der Waals surface area contributed by atoms with Crippen LogP contribution in [0.5, 0.6) is 0 Å². The van der Waals surface area contributed by atoms with E-state index in [2.05, 4.69) is 13.2 Å². The Morgan fingerprint density at radius 3 is 2.20 bits per heavy atom. The van der Waals surface area contributed by atoms with Crippen molar-refractivity contribution in [3.63, 3.8) is 0 Å². The van der Waals surface area contributed by atoms with E-state index in [9.17, 15) is 4.39 Å². The van der Waals surface area contributed by atoms with Crippen LogP contribution in [0, 0.1) is 5.92 Å². The highest BCUT2D eigenvalue weighted by Gasteiger charge is 2.08. The summed E-state index contributed by atoms with van der Waals surface area (Å²) in [5.41, 5.74) is 3.94. The van der Waals surface area contributed by atoms with E-state index in [4.69, 9.17) is 0 Å². The molecule has 1 aromatic rings. The van der Waals surface area contributed by atoms with E-state index >= 15 is 0 Å². The molecule has 0 amide bonds. The van der Waals surface area contributed by atoms with Crippen molar-refractivity contribution in [2.24, 2.45) is 5.92 Å². The highest BCUT2D eigenvalue weighted by atomic mass is 19.1. The van der Waals surface area contributed by atoms with Crippen molar-refractivity contribution in [2.45, 2.75) is 26.9 Å². The normalized spacial score (nSPS) is 15.1. The first-order valence-electron chi connectivity index (χ1n) is 6.85. The second-order valence-electron chi connectivity index (χ2n) is 5.14. The molecule has 106 valence electrons. The van der Waals surface area contributed by atoms with Crippen LogP contribution in [0.2, 0.25) is 0 Å². The molecule has 1 heteroatoms. The van der Waals surface area contributed by atoms with Crippen LogP contribution in [0.25, 0.3) is 5.57 Å². The minimum absolute atomic E-state index is 0.132. The maximum absolute atomic E-state index is 13.3. The summed E-state index contributed by atoms with van der Waals surface area (Å²) >= 11 is 0. The van der Waals surface area contributed by atoms with Crippen molar-refractivity contribution in [2.75, 3.05) is 0 Å². The SMILES string of the molecule is C=C(/C=C\C(=CC(C)F)C(C)C(=C)C)c1ccccc1. The lowest BCUT2D eigenvalue weighted by atomic mass is 9.92. The second-order valence-corrected chi connectivity index (χ2v) is 5.14. The molecule has 0 saturated heterocycles. The molecule has 0 nitrogen and oxygen atoms in total. The van der Waals surface area contributed by atoms with Gasteiger partial charge >= 0.3 is 0 Å². The first kappa shape index (κ1) is 16.2. The van der Waals surface area contributed by atoms with E-state index in [0.717, 1.165) is 22.3 Å². The Kier molecular flexibility index (Phi) is 6.17. The third-order valence-corrected chi connectivity index (χ3v) is 3.28. The van der Waals surface area contributed by atoms with Crippen LogP contribution in [-0.2, 0) is 0 Å². The van der Waals surface area contributed by atoms with Crippen molar-refractivity contribution in [3.8, 4) is 0 Å². The molecule has 2 unspecified atom stereocenters. The van der Waals surface area contributed by atoms with Crippen molar-refractivity contribution in [1.82, 2.24) is 0 Å². The molecule has 0 heterocycles. The molecule has 0 aliphatic heterocycles. The molecule has 0 bridgehead atoms. The molecular weight excluding hydrogens is 247 g/mol. The molecule has 0 saturated carbocycles. The maximum Gasteiger partial charge on any atom is 0.116 e. The molecular formula is C19H23F. The summed E-state index contributed by atoms with van der Waals surface area (Å²) in [7, 11) is 0. The molecule has 0 spiro atoms. The van der Waals surface area contributed by atoms with E-state index in [0.29, 0.717) is 0 Å². The molecule has 0 fully saturated rings. The summed E-state index contributed by atoms with van der Waals surface area (Å²) in [6, 6.07) is 9.95. The van der Waals surface area contributed by atoms with Gasteiger partial charge < -0.3 is 0 Å². The summed E-state index contributed by atoms with van der Waals surface area (Å²) in [6.07, 6.45) is 4.53. The van der Waals surface area contributed by atoms with E-state index in [1.807, 2.05) is 56.3 Å². The van der Waals surface area contributed by atoms with Crippen molar-refractivity contribution in [1.29, 1.82) is 0 Å². The van der Waals surface area contributed by atoms with E-state index < -0.39 is 6.17 Å². The molecule has 1 rings (SSSR count). The smallest absolute Gasteiger partial charge is 0.116 e. The van der Waals surface area contributed by atoms with Gasteiger partial charge in [-0.15, -0.1) is 0 Å². The zero-order chi connectivity index (χ0) is 15.1. The van der Waals surface area contributed by atoms with Crippen molar-refractivity contribution >= 4 is 5.57 Å². The Labute approximate surface area is 122 Å². The molecule has 20 heavy (non-hydrogen) atoms.